The van der Waals surface area contributed by atoms with Crippen LogP contribution in [0.2, 0.25) is 0 Å². The number of phenolic OH excluding ortho intramolecular Hbond substituents is 1. The third kappa shape index (κ3) is 3.46. The second-order valence-electron chi connectivity index (χ2n) is 10.0. The summed E-state index contributed by atoms with van der Waals surface area (Å²) >= 11 is 0. The van der Waals surface area contributed by atoms with Gasteiger partial charge >= 0.3 is 0 Å². The molecule has 1 heterocycles. The quantitative estimate of drug-likeness (QED) is 0.340. The molecule has 4 aliphatic rings. The maximum Gasteiger partial charge on any atom is 0.242 e. The summed E-state index contributed by atoms with van der Waals surface area (Å²) in [6.07, 6.45) is 6.21. The van der Waals surface area contributed by atoms with Crippen LogP contribution in [0.5, 0.6) is 5.75 Å². The number of hydrogen-bond acceptors (Lipinski definition) is 5. The molecule has 0 unspecified atom stereocenters. The number of phenols is 1. The summed E-state index contributed by atoms with van der Waals surface area (Å²) < 4.78 is 0. The Bertz CT molecular complexity index is 912. The summed E-state index contributed by atoms with van der Waals surface area (Å²) in [6.45, 7) is 1.91. The number of nitrogens with zero attached hydrogens (tertiary/aromatic N) is 2. The Balaban J connectivity index is 1.47. The van der Waals surface area contributed by atoms with Gasteiger partial charge in [0.25, 0.3) is 0 Å². The number of rotatable bonds is 5. The summed E-state index contributed by atoms with van der Waals surface area (Å²) in [7, 11) is 0. The van der Waals surface area contributed by atoms with E-state index in [9.17, 15) is 15.0 Å². The molecule has 8 nitrogen and oxygen atoms in total. The minimum atomic E-state index is -0.859. The predicted octanol–water partition coefficient (Wildman–Crippen LogP) is 0.344. The molecular formula is C23H33N5O3. The molecule has 1 aromatic rings. The van der Waals surface area contributed by atoms with Crippen LogP contribution in [0, 0.1) is 5.92 Å². The minimum Gasteiger partial charge on any atom is -0.508 e. The summed E-state index contributed by atoms with van der Waals surface area (Å²) in [5.41, 5.74) is 11.6. The molecule has 8 heteroatoms. The average molecular weight is 428 g/mol. The molecule has 1 saturated heterocycles. The number of aliphatic imine (C=N–C) groups is 1. The van der Waals surface area contributed by atoms with Gasteiger partial charge in [-0.2, -0.15) is 0 Å². The average Bonchev–Trinajstić information content (AvgIpc) is 3.53. The first-order chi connectivity index (χ1) is 14.8. The molecule has 168 valence electrons. The number of guanidine groups is 1. The molecule has 5 rings (SSSR count). The van der Waals surface area contributed by atoms with Gasteiger partial charge in [0.1, 0.15) is 12.3 Å². The number of nitrogens with two attached hydrogens (primary N) is 2. The lowest BCUT2D eigenvalue weighted by molar-refractivity contribution is -0.171. The highest BCUT2D eigenvalue weighted by molar-refractivity contribution is 5.83. The van der Waals surface area contributed by atoms with Gasteiger partial charge in [-0.25, -0.2) is 4.99 Å². The molecule has 1 aliphatic heterocycles. The van der Waals surface area contributed by atoms with Crippen molar-refractivity contribution in [2.45, 2.75) is 68.0 Å². The van der Waals surface area contributed by atoms with E-state index in [-0.39, 0.29) is 36.2 Å². The van der Waals surface area contributed by atoms with Crippen LogP contribution in [0.4, 0.5) is 0 Å². The number of hydrogen-bond donors (Lipinski definition) is 5. The Morgan fingerprint density at radius 1 is 1.26 bits per heavy atom. The highest BCUT2D eigenvalue weighted by atomic mass is 16.3. The highest BCUT2D eigenvalue weighted by Crippen LogP contribution is 2.58. The van der Waals surface area contributed by atoms with Gasteiger partial charge in [-0.15, -0.1) is 0 Å². The van der Waals surface area contributed by atoms with Crippen molar-refractivity contribution < 1.29 is 15.0 Å². The molecule has 2 bridgehead atoms. The van der Waals surface area contributed by atoms with Crippen LogP contribution < -0.4 is 16.8 Å². The van der Waals surface area contributed by atoms with Crippen LogP contribution in [0.25, 0.3) is 0 Å². The van der Waals surface area contributed by atoms with Gasteiger partial charge < -0.3 is 27.0 Å². The molecule has 0 radical (unpaired) electrons. The van der Waals surface area contributed by atoms with Gasteiger partial charge in [-0.05, 0) is 80.7 Å². The Morgan fingerprint density at radius 3 is 2.81 bits per heavy atom. The fourth-order valence-corrected chi connectivity index (χ4v) is 6.51. The molecule has 3 fully saturated rings. The van der Waals surface area contributed by atoms with Crippen molar-refractivity contribution in [3.8, 4) is 5.75 Å². The molecule has 3 aliphatic carbocycles. The van der Waals surface area contributed by atoms with Gasteiger partial charge in [-0.1, -0.05) is 6.07 Å². The van der Waals surface area contributed by atoms with Crippen molar-refractivity contribution in [2.75, 3.05) is 19.6 Å². The van der Waals surface area contributed by atoms with Gasteiger partial charge in [0.05, 0.1) is 5.60 Å². The number of benzene rings is 1. The zero-order chi connectivity index (χ0) is 21.8. The standard InChI is InChI=1S/C23H33N5O3/c24-21(25)26-12-20(30)27-16-5-6-23(31)19-9-15-3-4-17(29)10-18(15)22(23,11-16)7-8-28(19)13-14-1-2-14/h3-4,10,14,16,19,29,31H,1-2,5-9,11-13H2,(H,27,30)(H4,24,25,26)/t16-,19-,22-,23-/m1/s1. The lowest BCUT2D eigenvalue weighted by Crippen LogP contribution is -2.74. The normalized spacial score (nSPS) is 34.4. The summed E-state index contributed by atoms with van der Waals surface area (Å²) in [6, 6.07) is 5.62. The number of fused-ring (bicyclic) bond motifs is 1. The van der Waals surface area contributed by atoms with Gasteiger partial charge in [0.2, 0.25) is 5.91 Å². The lowest BCUT2D eigenvalue weighted by Gasteiger charge is -2.65. The third-order valence-corrected chi connectivity index (χ3v) is 8.10. The zero-order valence-corrected chi connectivity index (χ0v) is 17.9. The van der Waals surface area contributed by atoms with Crippen LogP contribution in [0.15, 0.2) is 23.2 Å². The molecule has 2 saturated carbocycles. The van der Waals surface area contributed by atoms with E-state index in [0.717, 1.165) is 37.4 Å². The Hall–Kier alpha value is -2.32. The number of amides is 1. The number of carbonyl (C=O) groups is 1. The van der Waals surface area contributed by atoms with Crippen LogP contribution >= 0.6 is 0 Å². The van der Waals surface area contributed by atoms with Crippen molar-refractivity contribution in [3.63, 3.8) is 0 Å². The molecular weight excluding hydrogens is 394 g/mol. The van der Waals surface area contributed by atoms with E-state index in [1.807, 2.05) is 12.1 Å². The molecule has 7 N–H and O–H groups in total. The van der Waals surface area contributed by atoms with E-state index >= 15 is 0 Å². The van der Waals surface area contributed by atoms with E-state index in [1.165, 1.54) is 18.4 Å². The summed E-state index contributed by atoms with van der Waals surface area (Å²) in [4.78, 5) is 18.7. The maximum absolute atomic E-state index is 12.4. The molecule has 0 spiro atoms. The van der Waals surface area contributed by atoms with Gasteiger partial charge in [0, 0.05) is 24.0 Å². The number of carbonyl (C=O) groups excluding carboxylic acids is 1. The zero-order valence-electron chi connectivity index (χ0n) is 17.9. The first-order valence-corrected chi connectivity index (χ1v) is 11.4. The van der Waals surface area contributed by atoms with Crippen LogP contribution in [-0.4, -0.2) is 64.3 Å². The number of piperidine rings is 1. The minimum absolute atomic E-state index is 0.0640. The number of aromatic hydroxyl groups is 1. The Morgan fingerprint density at radius 2 is 2.06 bits per heavy atom. The monoisotopic (exact) mass is 427 g/mol. The SMILES string of the molecule is NC(N)=NCC(=O)N[C@@H]1CC[C@@]2(O)[C@H]3Cc4ccc(O)cc4[C@@]2(CCN3CC2CC2)C1. The second-order valence-corrected chi connectivity index (χ2v) is 10.0. The predicted molar refractivity (Wildman–Crippen MR) is 118 cm³/mol. The first-order valence-electron chi connectivity index (χ1n) is 11.4. The molecule has 31 heavy (non-hydrogen) atoms. The molecule has 0 aromatic heterocycles. The summed E-state index contributed by atoms with van der Waals surface area (Å²) in [5.74, 6) is 0.681. The van der Waals surface area contributed by atoms with Crippen molar-refractivity contribution >= 4 is 11.9 Å². The number of aliphatic hydroxyl groups is 1. The van der Waals surface area contributed by atoms with E-state index in [4.69, 9.17) is 11.5 Å². The third-order valence-electron chi connectivity index (χ3n) is 8.10. The van der Waals surface area contributed by atoms with E-state index < -0.39 is 11.0 Å². The van der Waals surface area contributed by atoms with Gasteiger partial charge in [0.15, 0.2) is 5.96 Å². The smallest absolute Gasteiger partial charge is 0.242 e. The first kappa shape index (κ1) is 20.6. The van der Waals surface area contributed by atoms with Crippen LogP contribution in [0.3, 0.4) is 0 Å². The van der Waals surface area contributed by atoms with E-state index in [1.54, 1.807) is 6.07 Å². The van der Waals surface area contributed by atoms with Crippen molar-refractivity contribution in [3.05, 3.63) is 29.3 Å². The largest absolute Gasteiger partial charge is 0.508 e. The van der Waals surface area contributed by atoms with Crippen molar-refractivity contribution in [2.24, 2.45) is 22.4 Å². The number of likely N-dealkylation sites (tertiary alicyclic amines) is 1. The lowest BCUT2D eigenvalue weighted by atomic mass is 9.49. The Labute approximate surface area is 182 Å². The van der Waals surface area contributed by atoms with Crippen molar-refractivity contribution in [1.29, 1.82) is 0 Å². The number of nitrogens with one attached hydrogen (secondary N) is 1. The summed E-state index contributed by atoms with van der Waals surface area (Å²) in [5, 5.41) is 25.6. The fourth-order valence-electron chi connectivity index (χ4n) is 6.51. The van der Waals surface area contributed by atoms with E-state index in [2.05, 4.69) is 15.2 Å². The van der Waals surface area contributed by atoms with Crippen LogP contribution in [0.1, 0.15) is 49.7 Å². The fraction of sp³-hybridized carbons (Fsp3) is 0.652. The highest BCUT2D eigenvalue weighted by Gasteiger charge is 2.64. The van der Waals surface area contributed by atoms with E-state index in [0.29, 0.717) is 19.3 Å². The van der Waals surface area contributed by atoms with Gasteiger partial charge in [-0.3, -0.25) is 9.69 Å². The Kier molecular flexibility index (Phi) is 4.90. The van der Waals surface area contributed by atoms with Crippen molar-refractivity contribution in [1.82, 2.24) is 10.2 Å². The van der Waals surface area contributed by atoms with Crippen LogP contribution in [-0.2, 0) is 16.6 Å². The second kappa shape index (κ2) is 7.38. The molecule has 1 aromatic carbocycles. The maximum atomic E-state index is 12.4. The molecule has 1 amide bonds. The molecule has 4 atom stereocenters. The topological polar surface area (TPSA) is 137 Å².